The summed E-state index contributed by atoms with van der Waals surface area (Å²) in [6.07, 6.45) is 5.21. The number of pyridine rings is 1. The van der Waals surface area contributed by atoms with E-state index in [0.29, 0.717) is 24.6 Å². The van der Waals surface area contributed by atoms with Crippen LogP contribution in [0.1, 0.15) is 83.3 Å². The van der Waals surface area contributed by atoms with Crippen LogP contribution in [-0.2, 0) is 59.8 Å². The van der Waals surface area contributed by atoms with Crippen LogP contribution in [0.25, 0.3) is 11.1 Å². The molecule has 3 fully saturated rings. The number of carbonyl (C=O) groups excluding carboxylic acids is 4. The zero-order valence-electron chi connectivity index (χ0n) is 34.9. The number of hydrogen-bond acceptors (Lipinski definition) is 14. The fraction of sp³-hybridized carbons (Fsp3) is 0.533. The van der Waals surface area contributed by atoms with E-state index < -0.39 is 54.0 Å². The first-order valence-corrected chi connectivity index (χ1v) is 22.2. The van der Waals surface area contributed by atoms with Gasteiger partial charge in [0.05, 0.1) is 38.1 Å². The summed E-state index contributed by atoms with van der Waals surface area (Å²) < 4.78 is 40.4. The number of aliphatic hydroxyl groups excluding tert-OH is 1. The number of thioether (sulfide) groups is 1. The third kappa shape index (κ3) is 13.4. The molecule has 1 amide bonds. The first kappa shape index (κ1) is 46.3. The first-order valence-electron chi connectivity index (χ1n) is 20.9. The zero-order chi connectivity index (χ0) is 43.4. The van der Waals surface area contributed by atoms with Crippen LogP contribution >= 0.6 is 23.4 Å². The van der Waals surface area contributed by atoms with Crippen molar-refractivity contribution in [2.24, 2.45) is 0 Å². The van der Waals surface area contributed by atoms with Crippen LogP contribution in [0.2, 0.25) is 5.02 Å². The van der Waals surface area contributed by atoms with Crippen molar-refractivity contribution in [2.75, 3.05) is 38.7 Å². The minimum absolute atomic E-state index is 0.101. The SMILES string of the molecule is CC(=O)OC1O[C@H](C(=O)N(CCCCCSc2ccc(Cl)c(COC3(c4cnccc4-c4ccccc4OC4CC4)CC3)c2)CCOCCO)[C@@H](OC(C)=O)C[C@H]1OC(C)=O. The number of aliphatic hydroxyl groups is 1. The number of amides is 1. The van der Waals surface area contributed by atoms with Crippen molar-refractivity contribution in [1.29, 1.82) is 0 Å². The Labute approximate surface area is 365 Å². The second-order valence-electron chi connectivity index (χ2n) is 15.4. The van der Waals surface area contributed by atoms with Crippen LogP contribution in [-0.4, -0.2) is 108 Å². The predicted octanol–water partition coefficient (Wildman–Crippen LogP) is 6.79. The van der Waals surface area contributed by atoms with Gasteiger partial charge in [-0.1, -0.05) is 36.2 Å². The fourth-order valence-corrected chi connectivity index (χ4v) is 8.40. The second kappa shape index (κ2) is 22.2. The van der Waals surface area contributed by atoms with Crippen molar-refractivity contribution < 1.29 is 57.4 Å². The Morgan fingerprint density at radius 2 is 1.66 bits per heavy atom. The standard InChI is InChI=1S/C45H55ClN2O12S/c1-29(50)56-40-26-41(57-30(2)51)44(58-31(3)52)60-42(40)43(53)48(20-22-54-23-21-49)19-7-4-8-24-61-34-13-14-38(46)32(25-34)28-55-45(16-17-45)37-27-47-18-15-35(37)36-9-5-6-10-39(36)59-33-11-12-33/h5-6,9-10,13-15,18,25,27,33,40-42,44,49H,4,7-8,11-12,16-17,19-24,26,28H2,1-3H3/t40-,41+,42-,44?/m0/s1. The zero-order valence-corrected chi connectivity index (χ0v) is 36.5. The smallest absolute Gasteiger partial charge is 0.305 e. The monoisotopic (exact) mass is 882 g/mol. The first-order chi connectivity index (χ1) is 29.5. The summed E-state index contributed by atoms with van der Waals surface area (Å²) in [5.41, 5.74) is 3.61. The summed E-state index contributed by atoms with van der Waals surface area (Å²) in [6, 6.07) is 16.2. The summed E-state index contributed by atoms with van der Waals surface area (Å²) in [5, 5.41) is 9.83. The van der Waals surface area contributed by atoms with Gasteiger partial charge in [-0.3, -0.25) is 24.2 Å². The molecule has 1 saturated heterocycles. The van der Waals surface area contributed by atoms with E-state index in [9.17, 15) is 24.3 Å². The van der Waals surface area contributed by atoms with Gasteiger partial charge in [0.25, 0.3) is 5.91 Å². The molecule has 3 aliphatic rings. The molecular formula is C45H55ClN2O12S. The molecule has 0 spiro atoms. The molecule has 16 heteroatoms. The van der Waals surface area contributed by atoms with Crippen molar-refractivity contribution in [3.05, 3.63) is 77.1 Å². The van der Waals surface area contributed by atoms with Crippen LogP contribution in [0.5, 0.6) is 5.75 Å². The van der Waals surface area contributed by atoms with Crippen LogP contribution < -0.4 is 4.74 Å². The van der Waals surface area contributed by atoms with Crippen molar-refractivity contribution in [3.8, 4) is 16.9 Å². The Morgan fingerprint density at radius 3 is 2.38 bits per heavy atom. The topological polar surface area (TPSA) is 169 Å². The van der Waals surface area contributed by atoms with E-state index in [1.165, 1.54) is 20.8 Å². The minimum atomic E-state index is -1.38. The lowest BCUT2D eigenvalue weighted by atomic mass is 9.96. The maximum Gasteiger partial charge on any atom is 0.305 e. The summed E-state index contributed by atoms with van der Waals surface area (Å²) in [6.45, 7) is 4.50. The van der Waals surface area contributed by atoms with Gasteiger partial charge >= 0.3 is 17.9 Å². The predicted molar refractivity (Wildman–Crippen MR) is 226 cm³/mol. The van der Waals surface area contributed by atoms with Gasteiger partial charge in [0, 0.05) is 73.7 Å². The van der Waals surface area contributed by atoms with Gasteiger partial charge in [0.15, 0.2) is 12.2 Å². The van der Waals surface area contributed by atoms with E-state index >= 15 is 0 Å². The van der Waals surface area contributed by atoms with Crippen molar-refractivity contribution in [3.63, 3.8) is 0 Å². The largest absolute Gasteiger partial charge is 0.490 e. The van der Waals surface area contributed by atoms with Gasteiger partial charge in [0.1, 0.15) is 11.9 Å². The molecule has 2 aliphatic carbocycles. The molecule has 14 nitrogen and oxygen atoms in total. The number of benzene rings is 2. The molecule has 1 unspecified atom stereocenters. The van der Waals surface area contributed by atoms with Crippen LogP contribution in [0, 0.1) is 0 Å². The third-order valence-electron chi connectivity index (χ3n) is 10.5. The highest BCUT2D eigenvalue weighted by Crippen LogP contribution is 2.53. The normalized spacial score (nSPS) is 20.3. The fourth-order valence-electron chi connectivity index (χ4n) is 7.25. The number of ether oxygens (including phenoxy) is 7. The highest BCUT2D eigenvalue weighted by Gasteiger charge is 2.49. The van der Waals surface area contributed by atoms with Gasteiger partial charge < -0.3 is 43.2 Å². The lowest BCUT2D eigenvalue weighted by Gasteiger charge is -2.40. The Hall–Kier alpha value is -4.25. The number of carbonyl (C=O) groups is 4. The average Bonchev–Trinajstić information content (AvgIpc) is 4.18. The summed E-state index contributed by atoms with van der Waals surface area (Å²) in [7, 11) is 0. The van der Waals surface area contributed by atoms with E-state index in [1.54, 1.807) is 16.7 Å². The molecule has 330 valence electrons. The van der Waals surface area contributed by atoms with Gasteiger partial charge in [-0.25, -0.2) is 0 Å². The van der Waals surface area contributed by atoms with E-state index in [-0.39, 0.29) is 38.9 Å². The van der Waals surface area contributed by atoms with Crippen LogP contribution in [0.3, 0.4) is 0 Å². The van der Waals surface area contributed by atoms with Crippen molar-refractivity contribution in [1.82, 2.24) is 9.88 Å². The van der Waals surface area contributed by atoms with Gasteiger partial charge in [-0.05, 0) is 85.7 Å². The molecule has 6 rings (SSSR count). The summed E-state index contributed by atoms with van der Waals surface area (Å²) >= 11 is 8.42. The maximum absolute atomic E-state index is 14.0. The lowest BCUT2D eigenvalue weighted by molar-refractivity contribution is -0.262. The molecule has 0 bridgehead atoms. The minimum Gasteiger partial charge on any atom is -0.490 e. The molecule has 1 aromatic heterocycles. The summed E-state index contributed by atoms with van der Waals surface area (Å²) in [5.74, 6) is -0.806. The van der Waals surface area contributed by atoms with E-state index in [0.717, 1.165) is 77.2 Å². The third-order valence-corrected chi connectivity index (χ3v) is 11.9. The molecule has 3 aromatic rings. The van der Waals surface area contributed by atoms with Crippen molar-refractivity contribution >= 4 is 47.2 Å². The maximum atomic E-state index is 14.0. The van der Waals surface area contributed by atoms with E-state index in [2.05, 4.69) is 17.1 Å². The Balaban J connectivity index is 1.03. The second-order valence-corrected chi connectivity index (χ2v) is 17.0. The van der Waals surface area contributed by atoms with E-state index in [1.807, 2.05) is 48.8 Å². The molecular weight excluding hydrogens is 828 g/mol. The molecule has 2 heterocycles. The van der Waals surface area contributed by atoms with Crippen molar-refractivity contribution in [2.45, 2.75) is 120 Å². The Morgan fingerprint density at radius 1 is 0.902 bits per heavy atom. The molecule has 1 N–H and O–H groups in total. The highest BCUT2D eigenvalue weighted by atomic mass is 35.5. The number of aromatic nitrogens is 1. The Kier molecular flexibility index (Phi) is 16.8. The lowest BCUT2D eigenvalue weighted by Crippen LogP contribution is -2.57. The Bertz CT molecular complexity index is 1980. The van der Waals surface area contributed by atoms with Crippen LogP contribution in [0.15, 0.2) is 65.8 Å². The number of esters is 3. The molecule has 61 heavy (non-hydrogen) atoms. The van der Waals surface area contributed by atoms with Gasteiger partial charge in [-0.15, -0.1) is 11.8 Å². The number of para-hydroxylation sites is 1. The summed E-state index contributed by atoms with van der Waals surface area (Å²) in [4.78, 5) is 56.9. The van der Waals surface area contributed by atoms with Gasteiger partial charge in [-0.2, -0.15) is 0 Å². The quantitative estimate of drug-likeness (QED) is 0.0457. The number of unbranched alkanes of at least 4 members (excludes halogenated alkanes) is 2. The van der Waals surface area contributed by atoms with E-state index in [4.69, 9.17) is 44.8 Å². The average molecular weight is 883 g/mol. The molecule has 1 aliphatic heterocycles. The molecule has 2 saturated carbocycles. The number of halogens is 1. The number of hydrogen-bond donors (Lipinski definition) is 1. The molecule has 4 atom stereocenters. The molecule has 2 aromatic carbocycles. The molecule has 0 radical (unpaired) electrons. The van der Waals surface area contributed by atoms with Gasteiger partial charge in [0.2, 0.25) is 6.29 Å². The number of rotatable bonds is 23. The van der Waals surface area contributed by atoms with Crippen LogP contribution in [0.4, 0.5) is 0 Å². The highest BCUT2D eigenvalue weighted by molar-refractivity contribution is 7.99. The number of nitrogens with zero attached hydrogens (tertiary/aromatic N) is 2.